The van der Waals surface area contributed by atoms with Crippen LogP contribution < -0.4 is 9.64 Å². The molecule has 1 aromatic carbocycles. The number of carbonyl (C=O) groups excluding carboxylic acids is 1. The first kappa shape index (κ1) is 21.2. The lowest BCUT2D eigenvalue weighted by Crippen LogP contribution is -2.51. The van der Waals surface area contributed by atoms with Crippen LogP contribution in [0.25, 0.3) is 0 Å². The van der Waals surface area contributed by atoms with Crippen molar-refractivity contribution in [3.8, 4) is 5.75 Å². The lowest BCUT2D eigenvalue weighted by molar-refractivity contribution is -0.131. The van der Waals surface area contributed by atoms with Crippen LogP contribution >= 0.6 is 0 Å². The summed E-state index contributed by atoms with van der Waals surface area (Å²) in [5, 5.41) is 0. The Labute approximate surface area is 180 Å². The van der Waals surface area contributed by atoms with E-state index in [9.17, 15) is 9.18 Å². The fourth-order valence-electron chi connectivity index (χ4n) is 3.75. The van der Waals surface area contributed by atoms with E-state index in [1.807, 2.05) is 24.8 Å². The average molecular weight is 427 g/mol. The molecule has 0 saturated carbocycles. The number of fused-ring (bicyclic) bond motifs is 1. The van der Waals surface area contributed by atoms with Gasteiger partial charge in [0.15, 0.2) is 11.6 Å². The van der Waals surface area contributed by atoms with Crippen molar-refractivity contribution in [3.05, 3.63) is 47.2 Å². The largest absolute Gasteiger partial charge is 0.488 e. The molecule has 3 heterocycles. The molecule has 164 valence electrons. The minimum atomic E-state index is -0.392. The first-order valence-corrected chi connectivity index (χ1v) is 10.3. The Hall–Kier alpha value is -3.07. The highest BCUT2D eigenvalue weighted by atomic mass is 19.1. The van der Waals surface area contributed by atoms with Crippen molar-refractivity contribution < 1.29 is 18.7 Å². The number of aromatic nitrogens is 2. The number of anilines is 1. The summed E-state index contributed by atoms with van der Waals surface area (Å²) in [4.78, 5) is 29.5. The molecule has 9 heteroatoms. The third kappa shape index (κ3) is 4.51. The molecule has 2 aliphatic rings. The van der Waals surface area contributed by atoms with Crippen molar-refractivity contribution >= 4 is 17.4 Å². The highest BCUT2D eigenvalue weighted by Crippen LogP contribution is 2.30. The second-order valence-electron chi connectivity index (χ2n) is 7.83. The molecule has 1 aromatic heterocycles. The number of hydrogen-bond donors (Lipinski definition) is 0. The maximum atomic E-state index is 14.3. The van der Waals surface area contributed by atoms with Crippen molar-refractivity contribution in [2.24, 2.45) is 4.99 Å². The maximum Gasteiger partial charge on any atom is 0.242 e. The number of nitrogens with zero attached hydrogens (tertiary/aromatic N) is 5. The fraction of sp³-hybridized carbons (Fsp3) is 0.455. The maximum absolute atomic E-state index is 14.3. The quantitative estimate of drug-likeness (QED) is 0.673. The molecule has 1 fully saturated rings. The van der Waals surface area contributed by atoms with Gasteiger partial charge >= 0.3 is 0 Å². The van der Waals surface area contributed by atoms with Gasteiger partial charge in [-0.15, -0.1) is 0 Å². The molecule has 1 amide bonds. The monoisotopic (exact) mass is 427 g/mol. The summed E-state index contributed by atoms with van der Waals surface area (Å²) in [6.07, 6.45) is 1.34. The van der Waals surface area contributed by atoms with Gasteiger partial charge in [-0.3, -0.25) is 9.79 Å². The van der Waals surface area contributed by atoms with Gasteiger partial charge < -0.3 is 19.3 Å². The Morgan fingerprint density at radius 3 is 2.77 bits per heavy atom. The van der Waals surface area contributed by atoms with E-state index >= 15 is 0 Å². The SMILES string of the molecule is COCCN1CCN(c2cc(C3=NCc4cc(F)c(OC(C)C)cc43)ncn2)CC1=O. The Morgan fingerprint density at radius 2 is 2.03 bits per heavy atom. The van der Waals surface area contributed by atoms with Gasteiger partial charge in [0.25, 0.3) is 0 Å². The van der Waals surface area contributed by atoms with Crippen LogP contribution in [0.2, 0.25) is 0 Å². The molecule has 0 atom stereocenters. The van der Waals surface area contributed by atoms with Crippen LogP contribution in [0.3, 0.4) is 0 Å². The second-order valence-corrected chi connectivity index (χ2v) is 7.83. The van der Waals surface area contributed by atoms with Crippen LogP contribution in [0, 0.1) is 5.82 Å². The Morgan fingerprint density at radius 1 is 1.19 bits per heavy atom. The zero-order valence-corrected chi connectivity index (χ0v) is 18.0. The van der Waals surface area contributed by atoms with E-state index in [0.717, 1.165) is 11.1 Å². The van der Waals surface area contributed by atoms with Crippen LogP contribution in [0.1, 0.15) is 30.7 Å². The van der Waals surface area contributed by atoms with Gasteiger partial charge in [-0.2, -0.15) is 0 Å². The predicted octanol–water partition coefficient (Wildman–Crippen LogP) is 2.05. The van der Waals surface area contributed by atoms with Gasteiger partial charge in [0.2, 0.25) is 5.91 Å². The highest BCUT2D eigenvalue weighted by Gasteiger charge is 2.26. The van der Waals surface area contributed by atoms with Crippen LogP contribution in [0.5, 0.6) is 5.75 Å². The minimum Gasteiger partial charge on any atom is -0.488 e. The van der Waals surface area contributed by atoms with E-state index in [-0.39, 0.29) is 24.3 Å². The number of hydrogen-bond acceptors (Lipinski definition) is 7. The van der Waals surface area contributed by atoms with Crippen LogP contribution in [-0.2, 0) is 16.1 Å². The van der Waals surface area contributed by atoms with Crippen molar-refractivity contribution in [1.82, 2.24) is 14.9 Å². The van der Waals surface area contributed by atoms with Gasteiger partial charge in [0, 0.05) is 38.4 Å². The number of ether oxygens (including phenoxy) is 2. The Kier molecular flexibility index (Phi) is 6.13. The number of benzene rings is 1. The molecule has 0 unspecified atom stereocenters. The molecule has 0 aliphatic carbocycles. The number of halogens is 1. The van der Waals surface area contributed by atoms with Crippen molar-refractivity contribution in [1.29, 1.82) is 0 Å². The third-order valence-electron chi connectivity index (χ3n) is 5.29. The summed E-state index contributed by atoms with van der Waals surface area (Å²) < 4.78 is 25.0. The summed E-state index contributed by atoms with van der Waals surface area (Å²) in [6, 6.07) is 5.00. The summed E-state index contributed by atoms with van der Waals surface area (Å²) in [7, 11) is 1.62. The first-order chi connectivity index (χ1) is 15.0. The second kappa shape index (κ2) is 8.97. The number of aliphatic imine (C=N–C) groups is 1. The van der Waals surface area contributed by atoms with Gasteiger partial charge in [-0.25, -0.2) is 14.4 Å². The van der Waals surface area contributed by atoms with Crippen LogP contribution in [0.4, 0.5) is 10.2 Å². The van der Waals surface area contributed by atoms with Crippen molar-refractivity contribution in [2.45, 2.75) is 26.5 Å². The number of rotatable bonds is 7. The zero-order valence-electron chi connectivity index (χ0n) is 18.0. The summed E-state index contributed by atoms with van der Waals surface area (Å²) in [5.41, 5.74) is 2.92. The topological polar surface area (TPSA) is 80.2 Å². The summed E-state index contributed by atoms with van der Waals surface area (Å²) in [6.45, 7) is 6.74. The van der Waals surface area contributed by atoms with E-state index in [1.165, 1.54) is 12.4 Å². The molecule has 31 heavy (non-hydrogen) atoms. The standard InChI is InChI=1S/C22H26FN5O3/c1-14(2)31-19-9-16-15(8-17(19)23)11-24-22(16)18-10-20(26-13-25-18)28-5-4-27(6-7-30-3)21(29)12-28/h8-10,13-14H,4-7,11-12H2,1-3H3. The molecule has 4 rings (SSSR count). The minimum absolute atomic E-state index is 0.0398. The molecule has 0 N–H and O–H groups in total. The van der Waals surface area contributed by atoms with Gasteiger partial charge in [0.05, 0.1) is 37.2 Å². The first-order valence-electron chi connectivity index (χ1n) is 10.3. The predicted molar refractivity (Wildman–Crippen MR) is 114 cm³/mol. The van der Waals surface area contributed by atoms with E-state index in [1.54, 1.807) is 18.1 Å². The molecule has 0 bridgehead atoms. The molecule has 2 aliphatic heterocycles. The molecular weight excluding hydrogens is 401 g/mol. The number of methoxy groups -OCH3 is 1. The third-order valence-corrected chi connectivity index (χ3v) is 5.29. The van der Waals surface area contributed by atoms with Crippen molar-refractivity contribution in [2.75, 3.05) is 44.8 Å². The van der Waals surface area contributed by atoms with Gasteiger partial charge in [-0.05, 0) is 31.5 Å². The Balaban J connectivity index is 1.55. The summed E-state index contributed by atoms with van der Waals surface area (Å²) >= 11 is 0. The number of amides is 1. The van der Waals surface area contributed by atoms with Crippen molar-refractivity contribution in [3.63, 3.8) is 0 Å². The van der Waals surface area contributed by atoms with E-state index in [2.05, 4.69) is 15.0 Å². The molecule has 2 aromatic rings. The zero-order chi connectivity index (χ0) is 22.0. The van der Waals surface area contributed by atoms with Crippen LogP contribution in [-0.4, -0.2) is 72.5 Å². The average Bonchev–Trinajstić information content (AvgIpc) is 3.15. The number of carbonyl (C=O) groups is 1. The lowest BCUT2D eigenvalue weighted by atomic mass is 10.0. The number of piperazine rings is 1. The fourth-order valence-corrected chi connectivity index (χ4v) is 3.75. The van der Waals surface area contributed by atoms with E-state index < -0.39 is 5.82 Å². The Bertz CT molecular complexity index is 1010. The lowest BCUT2D eigenvalue weighted by Gasteiger charge is -2.34. The highest BCUT2D eigenvalue weighted by molar-refractivity contribution is 6.14. The van der Waals surface area contributed by atoms with Gasteiger partial charge in [0.1, 0.15) is 12.1 Å². The smallest absolute Gasteiger partial charge is 0.242 e. The molecule has 8 nitrogen and oxygen atoms in total. The van der Waals surface area contributed by atoms with E-state index in [0.29, 0.717) is 50.0 Å². The van der Waals surface area contributed by atoms with Crippen LogP contribution in [0.15, 0.2) is 29.5 Å². The molecule has 0 spiro atoms. The molecule has 0 radical (unpaired) electrons. The molecular formula is C22H26FN5O3. The normalized spacial score (nSPS) is 16.0. The van der Waals surface area contributed by atoms with E-state index in [4.69, 9.17) is 9.47 Å². The molecule has 1 saturated heterocycles. The van der Waals surface area contributed by atoms with Gasteiger partial charge in [-0.1, -0.05) is 0 Å². The summed E-state index contributed by atoms with van der Waals surface area (Å²) in [5.74, 6) is 0.521.